The third-order valence-corrected chi connectivity index (χ3v) is 10.7. The Morgan fingerprint density at radius 3 is 2.16 bits per heavy atom. The van der Waals surface area contributed by atoms with E-state index in [4.69, 9.17) is 0 Å². The monoisotopic (exact) mass is 578 g/mol. The lowest BCUT2D eigenvalue weighted by molar-refractivity contribution is 0.0809. The maximum absolute atomic E-state index is 4.49. The fraction of sp³-hybridized carbons (Fsp3) is 0.300. The van der Waals surface area contributed by atoms with Crippen molar-refractivity contribution in [1.29, 1.82) is 0 Å². The first kappa shape index (κ1) is 27.3. The molecule has 0 saturated heterocycles. The highest BCUT2D eigenvalue weighted by Gasteiger charge is 2.44. The predicted octanol–water partition coefficient (Wildman–Crippen LogP) is 9.24. The molecular weight excluding hydrogens is 536 g/mol. The van der Waals surface area contributed by atoms with Crippen molar-refractivity contribution in [2.24, 2.45) is 5.92 Å². The zero-order chi connectivity index (χ0) is 30.1. The zero-order valence-corrected chi connectivity index (χ0v) is 26.2. The molecule has 4 nitrogen and oxygen atoms in total. The topological polar surface area (TPSA) is 25.1 Å². The zero-order valence-electron chi connectivity index (χ0n) is 26.2. The number of rotatable bonds is 4. The van der Waals surface area contributed by atoms with Crippen LogP contribution in [-0.4, -0.2) is 34.2 Å². The van der Waals surface area contributed by atoms with Gasteiger partial charge in [0.05, 0.1) is 11.0 Å². The molecule has 2 aliphatic heterocycles. The molecule has 3 aliphatic rings. The molecule has 4 heterocycles. The van der Waals surface area contributed by atoms with Gasteiger partial charge in [0.2, 0.25) is 0 Å². The molecule has 0 amide bonds. The molecule has 1 saturated carbocycles. The average molecular weight is 579 g/mol. The number of aromatic nitrogens is 2. The largest absolute Gasteiger partial charge is 0.381 e. The van der Waals surface area contributed by atoms with Gasteiger partial charge in [-0.05, 0) is 69.0 Å². The van der Waals surface area contributed by atoms with Gasteiger partial charge < -0.3 is 19.4 Å². The second-order valence-electron chi connectivity index (χ2n) is 13.2. The summed E-state index contributed by atoms with van der Waals surface area (Å²) in [5, 5.41) is 9.25. The molecule has 4 aromatic carbocycles. The summed E-state index contributed by atoms with van der Waals surface area (Å²) in [7, 11) is 4.57. The summed E-state index contributed by atoms with van der Waals surface area (Å²) in [5.74, 6) is 0.632. The summed E-state index contributed by atoms with van der Waals surface area (Å²) < 4.78 is 5.53. The number of allylic oxidation sites excluding steroid dienone is 1. The number of nitrogens with one attached hydrogen (secondary N) is 1. The van der Waals surface area contributed by atoms with Crippen molar-refractivity contribution in [2.75, 3.05) is 14.1 Å². The number of hydrogen-bond donors (Lipinski definition) is 1. The Labute approximate surface area is 260 Å². The second kappa shape index (κ2) is 10.4. The van der Waals surface area contributed by atoms with Gasteiger partial charge in [-0.2, -0.15) is 0 Å². The number of benzene rings is 4. The van der Waals surface area contributed by atoms with Gasteiger partial charge >= 0.3 is 0 Å². The fourth-order valence-electron chi connectivity index (χ4n) is 9.03. The van der Waals surface area contributed by atoms with Gasteiger partial charge in [-0.15, -0.1) is 6.58 Å². The number of fused-ring (bicyclic) bond motifs is 13. The summed E-state index contributed by atoms with van der Waals surface area (Å²) in [5.41, 5.74) is 10.9. The molecule has 6 aromatic rings. The third kappa shape index (κ3) is 3.80. The van der Waals surface area contributed by atoms with E-state index in [2.05, 4.69) is 114 Å². The molecular formula is C40H42N4. The van der Waals surface area contributed by atoms with E-state index in [0.29, 0.717) is 24.0 Å². The van der Waals surface area contributed by atoms with Crippen LogP contribution in [0.15, 0.2) is 98.1 Å². The summed E-state index contributed by atoms with van der Waals surface area (Å²) >= 11 is 0. The predicted molar refractivity (Wildman–Crippen MR) is 187 cm³/mol. The molecule has 4 heteroatoms. The lowest BCUT2D eigenvalue weighted by atomic mass is 9.75. The van der Waals surface area contributed by atoms with E-state index in [1.165, 1.54) is 79.6 Å². The summed E-state index contributed by atoms with van der Waals surface area (Å²) in [6.07, 6.45) is 6.49. The van der Waals surface area contributed by atoms with Gasteiger partial charge in [0.1, 0.15) is 0 Å². The minimum atomic E-state index is 0.486. The smallest absolute Gasteiger partial charge is 0.0749 e. The van der Waals surface area contributed by atoms with Crippen molar-refractivity contribution in [3.05, 3.63) is 115 Å². The Hall–Kier alpha value is -4.28. The molecule has 2 aromatic heterocycles. The molecule has 1 fully saturated rings. The van der Waals surface area contributed by atoms with Gasteiger partial charge in [-0.25, -0.2) is 0 Å². The molecule has 2 bridgehead atoms. The van der Waals surface area contributed by atoms with Crippen LogP contribution in [0.1, 0.15) is 55.0 Å². The highest BCUT2D eigenvalue weighted by molar-refractivity contribution is 6.27. The molecule has 222 valence electrons. The minimum absolute atomic E-state index is 0.486. The molecule has 44 heavy (non-hydrogen) atoms. The van der Waals surface area contributed by atoms with Gasteiger partial charge in [0, 0.05) is 68.5 Å². The van der Waals surface area contributed by atoms with E-state index in [-0.39, 0.29) is 0 Å². The van der Waals surface area contributed by atoms with Gasteiger partial charge in [-0.1, -0.05) is 86.3 Å². The quantitative estimate of drug-likeness (QED) is 0.211. The van der Waals surface area contributed by atoms with Crippen molar-refractivity contribution in [3.8, 4) is 0 Å². The molecule has 0 radical (unpaired) electrons. The average Bonchev–Trinajstić information content (AvgIpc) is 3.68. The Kier molecular flexibility index (Phi) is 6.46. The van der Waals surface area contributed by atoms with Crippen LogP contribution >= 0.6 is 0 Å². The number of hydrogen-bond acceptors (Lipinski definition) is 2. The van der Waals surface area contributed by atoms with Gasteiger partial charge in [0.15, 0.2) is 0 Å². The maximum atomic E-state index is 4.49. The minimum Gasteiger partial charge on any atom is -0.381 e. The van der Waals surface area contributed by atoms with Crippen molar-refractivity contribution in [3.63, 3.8) is 0 Å². The van der Waals surface area contributed by atoms with Crippen molar-refractivity contribution in [2.45, 2.75) is 57.3 Å². The van der Waals surface area contributed by atoms with E-state index < -0.39 is 0 Å². The Bertz CT molecular complexity index is 2080. The number of nitrogens with zero attached hydrogens (tertiary/aromatic N) is 3. The van der Waals surface area contributed by atoms with Crippen LogP contribution in [-0.2, 0) is 13.0 Å². The Morgan fingerprint density at radius 2 is 1.48 bits per heavy atom. The molecule has 4 unspecified atom stereocenters. The van der Waals surface area contributed by atoms with Crippen LogP contribution in [0.25, 0.3) is 49.3 Å². The Morgan fingerprint density at radius 1 is 0.841 bits per heavy atom. The first-order valence-corrected chi connectivity index (χ1v) is 16.3. The van der Waals surface area contributed by atoms with E-state index in [0.717, 1.165) is 18.7 Å². The van der Waals surface area contributed by atoms with Crippen molar-refractivity contribution < 1.29 is 0 Å². The first-order chi connectivity index (χ1) is 21.5. The first-order valence-electron chi connectivity index (χ1n) is 16.3. The molecule has 1 aliphatic carbocycles. The van der Waals surface area contributed by atoms with Crippen molar-refractivity contribution >= 4 is 49.3 Å². The van der Waals surface area contributed by atoms with Crippen molar-refractivity contribution in [1.82, 2.24) is 19.4 Å². The third-order valence-electron chi connectivity index (χ3n) is 10.7. The summed E-state index contributed by atoms with van der Waals surface area (Å²) in [4.78, 5) is 2.50. The van der Waals surface area contributed by atoms with E-state index in [9.17, 15) is 0 Å². The van der Waals surface area contributed by atoms with Crippen LogP contribution in [0, 0.1) is 5.92 Å². The molecule has 0 spiro atoms. The molecule has 1 N–H and O–H groups in total. The number of para-hydroxylation sites is 2. The lowest BCUT2D eigenvalue weighted by Crippen LogP contribution is -2.45. The standard InChI is InChI=1S/C31H32N4.C9H10/c1-5-19-25(33(3)4)14-18-15-26(19)35-24-13-9-6-10-20(24)28-22-16-32-17(2)27(22)29-21-11-7-8-12-23(21)34(18)31(29)30(28)35;1-2-6-9-7-4-3-5-8-9/h6-13,18-19,25-26,32H,2,5,14-16H2,1,3-4H3;2-5,7-8H,1,6H2. The van der Waals surface area contributed by atoms with Gasteiger partial charge in [-0.3, -0.25) is 0 Å². The summed E-state index contributed by atoms with van der Waals surface area (Å²) in [6.45, 7) is 11.4. The lowest BCUT2D eigenvalue weighted by Gasteiger charge is -2.45. The fourth-order valence-corrected chi connectivity index (χ4v) is 9.03. The van der Waals surface area contributed by atoms with E-state index in [1.807, 2.05) is 24.3 Å². The normalized spacial score (nSPS) is 22.0. The SMILES string of the molecule is C=C1NCc2c1c1c3ccccc3n3c1c1c2c2ccccc2n1C1CC3CC(N(C)C)C1CC.C=CCc1ccccc1. The highest BCUT2D eigenvalue weighted by atomic mass is 15.2. The van der Waals surface area contributed by atoms with Gasteiger partial charge in [0.25, 0.3) is 0 Å². The molecule has 9 rings (SSSR count). The highest BCUT2D eigenvalue weighted by Crippen LogP contribution is 2.55. The summed E-state index contributed by atoms with van der Waals surface area (Å²) in [6, 6.07) is 30.1. The van der Waals surface area contributed by atoms with Crippen LogP contribution < -0.4 is 5.32 Å². The van der Waals surface area contributed by atoms with E-state index in [1.54, 1.807) is 0 Å². The molecule has 4 atom stereocenters. The van der Waals surface area contributed by atoms with Crippen LogP contribution in [0.2, 0.25) is 0 Å². The van der Waals surface area contributed by atoms with Crippen LogP contribution in [0.5, 0.6) is 0 Å². The Balaban J connectivity index is 0.000000279. The second-order valence-corrected chi connectivity index (χ2v) is 13.2. The maximum Gasteiger partial charge on any atom is 0.0749 e. The van der Waals surface area contributed by atoms with Crippen LogP contribution in [0.3, 0.4) is 0 Å². The van der Waals surface area contributed by atoms with E-state index >= 15 is 0 Å². The van der Waals surface area contributed by atoms with Crippen LogP contribution in [0.4, 0.5) is 0 Å².